The number of piperidine rings is 1. The number of rotatable bonds is 3. The van der Waals surface area contributed by atoms with Crippen LogP contribution in [0.2, 0.25) is 0 Å². The van der Waals surface area contributed by atoms with Crippen LogP contribution >= 0.6 is 0 Å². The van der Waals surface area contributed by atoms with Crippen molar-refractivity contribution in [3.63, 3.8) is 0 Å². The molecule has 2 aliphatic heterocycles. The molecule has 0 unspecified atom stereocenters. The number of ether oxygens (including phenoxy) is 2. The van der Waals surface area contributed by atoms with Gasteiger partial charge in [-0.15, -0.1) is 0 Å². The molecule has 0 aliphatic carbocycles. The van der Waals surface area contributed by atoms with Gasteiger partial charge < -0.3 is 14.8 Å². The van der Waals surface area contributed by atoms with Crippen molar-refractivity contribution in [2.45, 2.75) is 44.1 Å². The van der Waals surface area contributed by atoms with Crippen molar-refractivity contribution < 1.29 is 9.47 Å². The minimum atomic E-state index is -0.0684. The molecule has 1 N–H and O–H groups in total. The molecular formula is C15H21NO2. The fourth-order valence-corrected chi connectivity index (χ4v) is 2.80. The SMILES string of the molecule is c1ccc(C[C@H]2OC[C@@H]([C@@H]3CCCCN3)O2)cc1. The van der Waals surface area contributed by atoms with Crippen LogP contribution in [0.15, 0.2) is 30.3 Å². The lowest BCUT2D eigenvalue weighted by Crippen LogP contribution is -2.44. The van der Waals surface area contributed by atoms with Gasteiger partial charge in [0.2, 0.25) is 0 Å². The molecule has 2 aliphatic rings. The van der Waals surface area contributed by atoms with E-state index in [0.717, 1.165) is 19.6 Å². The molecule has 2 saturated heterocycles. The largest absolute Gasteiger partial charge is 0.350 e. The summed E-state index contributed by atoms with van der Waals surface area (Å²) in [6.07, 6.45) is 4.83. The average molecular weight is 247 g/mol. The van der Waals surface area contributed by atoms with Crippen LogP contribution in [-0.4, -0.2) is 31.6 Å². The van der Waals surface area contributed by atoms with Crippen LogP contribution in [0.1, 0.15) is 24.8 Å². The third kappa shape index (κ3) is 2.91. The standard InChI is InChI=1S/C15H21NO2/c1-2-6-12(7-3-1)10-15-17-11-14(18-15)13-8-4-5-9-16-13/h1-3,6-7,13-16H,4-5,8-11H2/t13-,14-,15-/m0/s1. The van der Waals surface area contributed by atoms with Crippen molar-refractivity contribution >= 4 is 0 Å². The van der Waals surface area contributed by atoms with Gasteiger partial charge >= 0.3 is 0 Å². The molecule has 1 aromatic carbocycles. The fourth-order valence-electron chi connectivity index (χ4n) is 2.80. The average Bonchev–Trinajstić information content (AvgIpc) is 2.89. The lowest BCUT2D eigenvalue weighted by atomic mass is 10.0. The number of hydrogen-bond donors (Lipinski definition) is 1. The van der Waals surface area contributed by atoms with E-state index in [9.17, 15) is 0 Å². The molecule has 3 heteroatoms. The minimum absolute atomic E-state index is 0.0684. The van der Waals surface area contributed by atoms with E-state index in [1.165, 1.54) is 24.8 Å². The van der Waals surface area contributed by atoms with Crippen molar-refractivity contribution in [3.8, 4) is 0 Å². The van der Waals surface area contributed by atoms with Crippen molar-refractivity contribution in [2.75, 3.05) is 13.2 Å². The van der Waals surface area contributed by atoms with E-state index in [1.54, 1.807) is 0 Å². The van der Waals surface area contributed by atoms with Gasteiger partial charge in [-0.2, -0.15) is 0 Å². The molecule has 3 atom stereocenters. The minimum Gasteiger partial charge on any atom is -0.350 e. The zero-order valence-corrected chi connectivity index (χ0v) is 10.7. The van der Waals surface area contributed by atoms with Crippen LogP contribution in [0.25, 0.3) is 0 Å². The van der Waals surface area contributed by atoms with Gasteiger partial charge in [0.05, 0.1) is 12.7 Å². The Balaban J connectivity index is 1.52. The summed E-state index contributed by atoms with van der Waals surface area (Å²) in [7, 11) is 0. The highest BCUT2D eigenvalue weighted by Gasteiger charge is 2.32. The Kier molecular flexibility index (Phi) is 3.93. The molecule has 3 nitrogen and oxygen atoms in total. The highest BCUT2D eigenvalue weighted by Crippen LogP contribution is 2.22. The quantitative estimate of drug-likeness (QED) is 0.887. The van der Waals surface area contributed by atoms with Gasteiger partial charge in [-0.05, 0) is 24.9 Å². The number of nitrogens with one attached hydrogen (secondary N) is 1. The summed E-state index contributed by atoms with van der Waals surface area (Å²) in [4.78, 5) is 0. The van der Waals surface area contributed by atoms with E-state index >= 15 is 0 Å². The molecule has 0 aromatic heterocycles. The Morgan fingerprint density at radius 1 is 1.17 bits per heavy atom. The Morgan fingerprint density at radius 2 is 2.06 bits per heavy atom. The van der Waals surface area contributed by atoms with Crippen LogP contribution in [0.3, 0.4) is 0 Å². The predicted octanol–water partition coefficient (Wildman–Crippen LogP) is 2.11. The van der Waals surface area contributed by atoms with Crippen LogP contribution < -0.4 is 5.32 Å². The summed E-state index contributed by atoms with van der Waals surface area (Å²) in [5.74, 6) is 0. The molecule has 1 aromatic rings. The molecular weight excluding hydrogens is 226 g/mol. The highest BCUT2D eigenvalue weighted by atomic mass is 16.7. The topological polar surface area (TPSA) is 30.5 Å². The number of hydrogen-bond acceptors (Lipinski definition) is 3. The van der Waals surface area contributed by atoms with Gasteiger partial charge in [0.15, 0.2) is 6.29 Å². The van der Waals surface area contributed by atoms with Gasteiger partial charge in [0.25, 0.3) is 0 Å². The second kappa shape index (κ2) is 5.83. The predicted molar refractivity (Wildman–Crippen MR) is 70.4 cm³/mol. The van der Waals surface area contributed by atoms with Gasteiger partial charge in [-0.25, -0.2) is 0 Å². The Bertz CT molecular complexity index is 362. The molecule has 18 heavy (non-hydrogen) atoms. The first kappa shape index (κ1) is 12.2. The summed E-state index contributed by atoms with van der Waals surface area (Å²) in [6, 6.07) is 10.9. The molecule has 0 spiro atoms. The summed E-state index contributed by atoms with van der Waals surface area (Å²) < 4.78 is 11.8. The van der Waals surface area contributed by atoms with Crippen molar-refractivity contribution in [3.05, 3.63) is 35.9 Å². The van der Waals surface area contributed by atoms with E-state index in [2.05, 4.69) is 29.6 Å². The first-order valence-corrected chi connectivity index (χ1v) is 6.96. The third-order valence-electron chi connectivity index (χ3n) is 3.82. The molecule has 0 bridgehead atoms. The smallest absolute Gasteiger partial charge is 0.162 e. The van der Waals surface area contributed by atoms with Crippen molar-refractivity contribution in [1.29, 1.82) is 0 Å². The monoisotopic (exact) mass is 247 g/mol. The second-order valence-corrected chi connectivity index (χ2v) is 5.18. The van der Waals surface area contributed by atoms with Gasteiger partial charge in [0.1, 0.15) is 0 Å². The molecule has 0 amide bonds. The van der Waals surface area contributed by atoms with Crippen LogP contribution in [0, 0.1) is 0 Å². The van der Waals surface area contributed by atoms with Gasteiger partial charge in [-0.1, -0.05) is 36.8 Å². The third-order valence-corrected chi connectivity index (χ3v) is 3.82. The van der Waals surface area contributed by atoms with Gasteiger partial charge in [0, 0.05) is 12.5 Å². The summed E-state index contributed by atoms with van der Waals surface area (Å²) in [5, 5.41) is 3.54. The van der Waals surface area contributed by atoms with E-state index in [0.29, 0.717) is 6.04 Å². The maximum absolute atomic E-state index is 6.02. The molecule has 2 heterocycles. The molecule has 2 fully saturated rings. The zero-order chi connectivity index (χ0) is 12.2. The van der Waals surface area contributed by atoms with Gasteiger partial charge in [-0.3, -0.25) is 0 Å². The van der Waals surface area contributed by atoms with E-state index < -0.39 is 0 Å². The summed E-state index contributed by atoms with van der Waals surface area (Å²) in [6.45, 7) is 1.85. The summed E-state index contributed by atoms with van der Waals surface area (Å²) in [5.41, 5.74) is 1.28. The molecule has 0 radical (unpaired) electrons. The van der Waals surface area contributed by atoms with Crippen molar-refractivity contribution in [2.24, 2.45) is 0 Å². The van der Waals surface area contributed by atoms with Crippen LogP contribution in [0.5, 0.6) is 0 Å². The molecule has 3 rings (SSSR count). The van der Waals surface area contributed by atoms with E-state index in [4.69, 9.17) is 9.47 Å². The van der Waals surface area contributed by atoms with Crippen LogP contribution in [0.4, 0.5) is 0 Å². The molecule has 98 valence electrons. The zero-order valence-electron chi connectivity index (χ0n) is 10.7. The number of benzene rings is 1. The lowest BCUT2D eigenvalue weighted by Gasteiger charge is -2.27. The van der Waals surface area contributed by atoms with E-state index in [1.807, 2.05) is 6.07 Å². The Hall–Kier alpha value is -0.900. The maximum atomic E-state index is 6.02. The first-order valence-electron chi connectivity index (χ1n) is 6.96. The normalized spacial score (nSPS) is 32.6. The first-order chi connectivity index (χ1) is 8.92. The highest BCUT2D eigenvalue weighted by molar-refractivity contribution is 5.15. The maximum Gasteiger partial charge on any atom is 0.162 e. The van der Waals surface area contributed by atoms with Crippen molar-refractivity contribution in [1.82, 2.24) is 5.32 Å². The molecule has 0 saturated carbocycles. The van der Waals surface area contributed by atoms with E-state index in [-0.39, 0.29) is 12.4 Å². The second-order valence-electron chi connectivity index (χ2n) is 5.18. The Labute approximate surface area is 108 Å². The lowest BCUT2D eigenvalue weighted by molar-refractivity contribution is -0.0625. The Morgan fingerprint density at radius 3 is 2.83 bits per heavy atom. The van der Waals surface area contributed by atoms with Crippen LogP contribution in [-0.2, 0) is 15.9 Å². The fraction of sp³-hybridized carbons (Fsp3) is 0.600. The summed E-state index contributed by atoms with van der Waals surface area (Å²) >= 11 is 0.